The molecule has 0 amide bonds. The Balaban J connectivity index is 1.98. The molecule has 18 heavy (non-hydrogen) atoms. The Morgan fingerprint density at radius 1 is 1.33 bits per heavy atom. The van der Waals surface area contributed by atoms with Gasteiger partial charge in [0.25, 0.3) is 7.48 Å². The Morgan fingerprint density at radius 3 is 2.72 bits per heavy atom. The SMILES string of the molecule is CCC1CC2CC(C(=O)O)C(CCC[B]O)C2C1. The highest BCUT2D eigenvalue weighted by Gasteiger charge is 2.49. The first-order valence-corrected chi connectivity index (χ1v) is 7.36. The topological polar surface area (TPSA) is 57.5 Å². The highest BCUT2D eigenvalue weighted by molar-refractivity contribution is 6.25. The van der Waals surface area contributed by atoms with E-state index in [9.17, 15) is 9.90 Å². The molecule has 5 unspecified atom stereocenters. The molecule has 2 rings (SSSR count). The Labute approximate surface area is 110 Å². The maximum atomic E-state index is 11.4. The van der Waals surface area contributed by atoms with Crippen LogP contribution in [0.3, 0.4) is 0 Å². The molecule has 1 radical (unpaired) electrons. The fraction of sp³-hybridized carbons (Fsp3) is 0.929. The summed E-state index contributed by atoms with van der Waals surface area (Å²) in [5, 5.41) is 18.1. The summed E-state index contributed by atoms with van der Waals surface area (Å²) in [5.41, 5.74) is 0. The molecular formula is C14H24BO3. The lowest BCUT2D eigenvalue weighted by atomic mass is 9.80. The number of hydrogen-bond donors (Lipinski definition) is 2. The van der Waals surface area contributed by atoms with Gasteiger partial charge in [0, 0.05) is 0 Å². The predicted molar refractivity (Wildman–Crippen MR) is 71.2 cm³/mol. The van der Waals surface area contributed by atoms with Crippen molar-refractivity contribution in [3.05, 3.63) is 0 Å². The van der Waals surface area contributed by atoms with E-state index in [4.69, 9.17) is 5.02 Å². The zero-order valence-corrected chi connectivity index (χ0v) is 11.2. The molecule has 0 aromatic heterocycles. The Morgan fingerprint density at radius 2 is 2.11 bits per heavy atom. The summed E-state index contributed by atoms with van der Waals surface area (Å²) in [6.45, 7) is 2.25. The largest absolute Gasteiger partial charge is 0.481 e. The molecule has 0 aliphatic heterocycles. The minimum absolute atomic E-state index is 0.128. The van der Waals surface area contributed by atoms with Crippen LogP contribution in [0.5, 0.6) is 0 Å². The van der Waals surface area contributed by atoms with Crippen molar-refractivity contribution in [3.8, 4) is 0 Å². The molecule has 2 N–H and O–H groups in total. The van der Waals surface area contributed by atoms with Crippen molar-refractivity contribution in [2.45, 2.75) is 51.8 Å². The summed E-state index contributed by atoms with van der Waals surface area (Å²) in [6.07, 6.45) is 7.19. The number of carboxylic acid groups (broad SMARTS) is 1. The molecule has 4 heteroatoms. The van der Waals surface area contributed by atoms with E-state index in [1.807, 2.05) is 0 Å². The lowest BCUT2D eigenvalue weighted by Crippen LogP contribution is -2.22. The van der Waals surface area contributed by atoms with Gasteiger partial charge in [0.15, 0.2) is 0 Å². The van der Waals surface area contributed by atoms with E-state index in [2.05, 4.69) is 6.92 Å². The van der Waals surface area contributed by atoms with Gasteiger partial charge in [-0.25, -0.2) is 0 Å². The molecule has 0 bridgehead atoms. The van der Waals surface area contributed by atoms with Crippen LogP contribution in [0, 0.1) is 29.6 Å². The number of hydrogen-bond acceptors (Lipinski definition) is 2. The highest BCUT2D eigenvalue weighted by Crippen LogP contribution is 2.54. The Hall–Kier alpha value is -0.505. The van der Waals surface area contributed by atoms with Crippen LogP contribution in [0.1, 0.15) is 45.4 Å². The van der Waals surface area contributed by atoms with E-state index in [0.29, 0.717) is 24.1 Å². The van der Waals surface area contributed by atoms with Gasteiger partial charge in [-0.1, -0.05) is 26.1 Å². The first kappa shape index (κ1) is 13.9. The van der Waals surface area contributed by atoms with Gasteiger partial charge in [-0.15, -0.1) is 0 Å². The number of carboxylic acids is 1. The second kappa shape index (κ2) is 6.09. The van der Waals surface area contributed by atoms with Crippen LogP contribution < -0.4 is 0 Å². The third-order valence-corrected chi connectivity index (χ3v) is 5.24. The zero-order valence-electron chi connectivity index (χ0n) is 11.2. The van der Waals surface area contributed by atoms with E-state index in [-0.39, 0.29) is 5.92 Å². The summed E-state index contributed by atoms with van der Waals surface area (Å²) in [4.78, 5) is 11.4. The summed E-state index contributed by atoms with van der Waals surface area (Å²) in [5.74, 6) is 1.73. The van der Waals surface area contributed by atoms with Crippen LogP contribution in [0.15, 0.2) is 0 Å². The number of carbonyl (C=O) groups is 1. The van der Waals surface area contributed by atoms with Crippen molar-refractivity contribution in [3.63, 3.8) is 0 Å². The second-order valence-electron chi connectivity index (χ2n) is 6.13. The molecule has 101 valence electrons. The summed E-state index contributed by atoms with van der Waals surface area (Å²) >= 11 is 0. The summed E-state index contributed by atoms with van der Waals surface area (Å²) < 4.78 is 0. The molecule has 2 saturated carbocycles. The summed E-state index contributed by atoms with van der Waals surface area (Å²) in [7, 11) is 1.20. The standard InChI is InChI=1S/C14H24BO3/c1-2-9-6-10-8-13(14(16)17)11(12(10)7-9)4-3-5-15-18/h9-13,18H,2-8H2,1H3,(H,16,17). The lowest BCUT2D eigenvalue weighted by Gasteiger charge is -2.22. The number of aliphatic carboxylic acids is 1. The molecule has 0 aromatic rings. The molecule has 0 aromatic carbocycles. The number of rotatable bonds is 6. The quantitative estimate of drug-likeness (QED) is 0.563. The maximum Gasteiger partial charge on any atom is 0.306 e. The fourth-order valence-corrected chi connectivity index (χ4v) is 4.35. The third kappa shape index (κ3) is 2.74. The van der Waals surface area contributed by atoms with Gasteiger partial charge in [-0.2, -0.15) is 0 Å². The average Bonchev–Trinajstić information content (AvgIpc) is 2.87. The van der Waals surface area contributed by atoms with E-state index in [1.54, 1.807) is 0 Å². The van der Waals surface area contributed by atoms with Crippen LogP contribution >= 0.6 is 0 Å². The molecular weight excluding hydrogens is 227 g/mol. The molecule has 2 aliphatic rings. The van der Waals surface area contributed by atoms with Crippen molar-refractivity contribution in [1.29, 1.82) is 0 Å². The molecule has 0 spiro atoms. The van der Waals surface area contributed by atoms with E-state index >= 15 is 0 Å². The first-order chi connectivity index (χ1) is 8.67. The van der Waals surface area contributed by atoms with Gasteiger partial charge in [0.2, 0.25) is 0 Å². The Kier molecular flexibility index (Phi) is 4.71. The van der Waals surface area contributed by atoms with Gasteiger partial charge in [0.1, 0.15) is 0 Å². The van der Waals surface area contributed by atoms with Gasteiger partial charge in [0.05, 0.1) is 5.92 Å². The predicted octanol–water partition coefficient (Wildman–Crippen LogP) is 2.57. The van der Waals surface area contributed by atoms with Crippen molar-refractivity contribution in [2.75, 3.05) is 0 Å². The van der Waals surface area contributed by atoms with Crippen molar-refractivity contribution in [1.82, 2.24) is 0 Å². The second-order valence-corrected chi connectivity index (χ2v) is 6.13. The normalized spacial score (nSPS) is 38.7. The van der Waals surface area contributed by atoms with Gasteiger partial charge in [-0.3, -0.25) is 4.79 Å². The van der Waals surface area contributed by atoms with Crippen LogP contribution in [0.4, 0.5) is 0 Å². The third-order valence-electron chi connectivity index (χ3n) is 5.24. The minimum atomic E-state index is -0.601. The lowest BCUT2D eigenvalue weighted by molar-refractivity contribution is -0.143. The molecule has 0 heterocycles. The highest BCUT2D eigenvalue weighted by atomic mass is 16.4. The monoisotopic (exact) mass is 251 g/mol. The molecule has 5 atom stereocenters. The molecule has 2 aliphatic carbocycles. The van der Waals surface area contributed by atoms with Gasteiger partial charge in [-0.05, 0) is 49.4 Å². The van der Waals surface area contributed by atoms with Gasteiger partial charge >= 0.3 is 5.97 Å². The number of fused-ring (bicyclic) bond motifs is 1. The minimum Gasteiger partial charge on any atom is -0.481 e. The Bertz CT molecular complexity index is 295. The molecule has 0 saturated heterocycles. The van der Waals surface area contributed by atoms with Crippen LogP contribution in [-0.4, -0.2) is 23.6 Å². The fourth-order valence-electron chi connectivity index (χ4n) is 4.35. The van der Waals surface area contributed by atoms with Crippen molar-refractivity contribution in [2.24, 2.45) is 29.6 Å². The first-order valence-electron chi connectivity index (χ1n) is 7.36. The molecule has 2 fully saturated rings. The van der Waals surface area contributed by atoms with Crippen molar-refractivity contribution >= 4 is 13.5 Å². The van der Waals surface area contributed by atoms with E-state index < -0.39 is 5.97 Å². The van der Waals surface area contributed by atoms with Crippen molar-refractivity contribution < 1.29 is 14.9 Å². The van der Waals surface area contributed by atoms with Gasteiger partial charge < -0.3 is 10.1 Å². The van der Waals surface area contributed by atoms with Crippen LogP contribution in [0.25, 0.3) is 0 Å². The van der Waals surface area contributed by atoms with E-state index in [1.165, 1.54) is 26.7 Å². The van der Waals surface area contributed by atoms with Crippen LogP contribution in [-0.2, 0) is 4.79 Å². The average molecular weight is 251 g/mol. The zero-order chi connectivity index (χ0) is 13.1. The maximum absolute atomic E-state index is 11.4. The van der Waals surface area contributed by atoms with Crippen LogP contribution in [0.2, 0.25) is 6.32 Å². The summed E-state index contributed by atoms with van der Waals surface area (Å²) in [6, 6.07) is 0. The molecule has 3 nitrogen and oxygen atoms in total. The smallest absolute Gasteiger partial charge is 0.306 e. The van der Waals surface area contributed by atoms with E-state index in [0.717, 1.165) is 25.2 Å².